The molecular formula is C18H20N2O4S. The molecule has 2 atom stereocenters. The van der Waals surface area contributed by atoms with Gasteiger partial charge in [-0.3, -0.25) is 9.69 Å². The van der Waals surface area contributed by atoms with E-state index in [0.29, 0.717) is 6.54 Å². The fourth-order valence-corrected chi connectivity index (χ4v) is 5.83. The molecule has 7 heteroatoms. The molecule has 2 aromatic rings. The minimum atomic E-state index is -3.18. The summed E-state index contributed by atoms with van der Waals surface area (Å²) in [4.78, 5) is 16.5. The zero-order valence-corrected chi connectivity index (χ0v) is 14.8. The fraction of sp³-hybridized carbons (Fsp3) is 0.389. The van der Waals surface area contributed by atoms with Crippen molar-refractivity contribution in [3.8, 4) is 0 Å². The summed E-state index contributed by atoms with van der Waals surface area (Å²) in [6, 6.07) is 10.7. The number of carbonyl (C=O) groups is 1. The van der Waals surface area contributed by atoms with Gasteiger partial charge >= 0.3 is 0 Å². The van der Waals surface area contributed by atoms with Gasteiger partial charge in [0, 0.05) is 11.7 Å². The summed E-state index contributed by atoms with van der Waals surface area (Å²) >= 11 is 0. The number of hydrogen-bond acceptors (Lipinski definition) is 5. The van der Waals surface area contributed by atoms with E-state index in [1.165, 1.54) is 0 Å². The van der Waals surface area contributed by atoms with Gasteiger partial charge in [-0.05, 0) is 36.8 Å². The first-order valence-electron chi connectivity index (χ1n) is 8.28. The van der Waals surface area contributed by atoms with Crippen molar-refractivity contribution in [2.24, 2.45) is 0 Å². The number of amides is 1. The number of aryl methyl sites for hydroxylation is 1. The van der Waals surface area contributed by atoms with E-state index in [1.807, 2.05) is 42.2 Å². The lowest BCUT2D eigenvalue weighted by Crippen LogP contribution is -2.61. The molecule has 0 radical (unpaired) electrons. The van der Waals surface area contributed by atoms with Gasteiger partial charge in [-0.1, -0.05) is 12.1 Å². The molecular weight excluding hydrogens is 340 g/mol. The van der Waals surface area contributed by atoms with E-state index in [4.69, 9.17) is 4.42 Å². The van der Waals surface area contributed by atoms with E-state index in [0.717, 1.165) is 17.0 Å². The van der Waals surface area contributed by atoms with E-state index < -0.39 is 9.84 Å². The fourth-order valence-electron chi connectivity index (χ4n) is 3.85. The third-order valence-corrected chi connectivity index (χ3v) is 6.62. The monoisotopic (exact) mass is 360 g/mol. The maximum Gasteiger partial charge on any atom is 0.241 e. The average Bonchev–Trinajstić information content (AvgIpc) is 3.14. The Morgan fingerprint density at radius 3 is 2.68 bits per heavy atom. The number of benzene rings is 1. The Hall–Kier alpha value is -2.12. The van der Waals surface area contributed by atoms with Gasteiger partial charge in [0.25, 0.3) is 0 Å². The summed E-state index contributed by atoms with van der Waals surface area (Å²) in [5.41, 5.74) is 1.82. The lowest BCUT2D eigenvalue weighted by molar-refractivity contribution is -0.123. The highest BCUT2D eigenvalue weighted by Gasteiger charge is 2.49. The number of sulfone groups is 1. The second-order valence-corrected chi connectivity index (χ2v) is 8.95. The molecule has 1 aromatic carbocycles. The first-order chi connectivity index (χ1) is 11.9. The Labute approximate surface area is 146 Å². The molecule has 4 rings (SSSR count). The minimum Gasteiger partial charge on any atom is -0.468 e. The van der Waals surface area contributed by atoms with Crippen molar-refractivity contribution in [3.05, 3.63) is 54.0 Å². The van der Waals surface area contributed by atoms with Crippen LogP contribution >= 0.6 is 0 Å². The molecule has 2 fully saturated rings. The van der Waals surface area contributed by atoms with E-state index in [-0.39, 0.29) is 36.0 Å². The smallest absolute Gasteiger partial charge is 0.241 e. The highest BCUT2D eigenvalue weighted by Crippen LogP contribution is 2.32. The Bertz CT molecular complexity index is 892. The molecule has 6 nitrogen and oxygen atoms in total. The molecule has 25 heavy (non-hydrogen) atoms. The molecule has 0 spiro atoms. The first kappa shape index (κ1) is 16.4. The maximum atomic E-state index is 12.9. The second kappa shape index (κ2) is 6.00. The molecule has 0 bridgehead atoms. The van der Waals surface area contributed by atoms with Crippen LogP contribution in [0.5, 0.6) is 0 Å². The van der Waals surface area contributed by atoms with Gasteiger partial charge in [0.15, 0.2) is 9.84 Å². The number of fused-ring (bicyclic) bond motifs is 1. The van der Waals surface area contributed by atoms with Crippen LogP contribution in [0.1, 0.15) is 11.3 Å². The summed E-state index contributed by atoms with van der Waals surface area (Å²) < 4.78 is 30.0. The van der Waals surface area contributed by atoms with Crippen LogP contribution in [-0.2, 0) is 21.2 Å². The topological polar surface area (TPSA) is 70.8 Å². The van der Waals surface area contributed by atoms with Gasteiger partial charge in [-0.25, -0.2) is 8.42 Å². The number of nitrogens with zero attached hydrogens (tertiary/aromatic N) is 2. The number of piperazine rings is 1. The third kappa shape index (κ3) is 3.09. The van der Waals surface area contributed by atoms with E-state index >= 15 is 0 Å². The Balaban J connectivity index is 1.69. The lowest BCUT2D eigenvalue weighted by Gasteiger charge is -2.43. The maximum absolute atomic E-state index is 12.9. The number of carbonyl (C=O) groups excluding carboxylic acids is 1. The van der Waals surface area contributed by atoms with Gasteiger partial charge in [0.2, 0.25) is 5.91 Å². The van der Waals surface area contributed by atoms with Gasteiger partial charge in [-0.15, -0.1) is 0 Å². The van der Waals surface area contributed by atoms with Crippen molar-refractivity contribution in [2.45, 2.75) is 25.6 Å². The molecule has 0 N–H and O–H groups in total. The molecule has 2 aliphatic heterocycles. The highest BCUT2D eigenvalue weighted by atomic mass is 32.2. The number of anilines is 1. The van der Waals surface area contributed by atoms with E-state index in [1.54, 1.807) is 17.2 Å². The molecule has 132 valence electrons. The summed E-state index contributed by atoms with van der Waals surface area (Å²) in [5, 5.41) is 0. The van der Waals surface area contributed by atoms with Crippen molar-refractivity contribution >= 4 is 21.4 Å². The predicted molar refractivity (Wildman–Crippen MR) is 94.0 cm³/mol. The summed E-state index contributed by atoms with van der Waals surface area (Å²) in [6.45, 7) is 2.59. The first-order valence-corrected chi connectivity index (χ1v) is 10.1. The molecule has 1 amide bonds. The van der Waals surface area contributed by atoms with Crippen LogP contribution in [-0.4, -0.2) is 49.4 Å². The minimum absolute atomic E-state index is 0.00596. The van der Waals surface area contributed by atoms with Crippen molar-refractivity contribution in [3.63, 3.8) is 0 Å². The van der Waals surface area contributed by atoms with Gasteiger partial charge in [0.05, 0.1) is 36.9 Å². The van der Waals surface area contributed by atoms with Crippen molar-refractivity contribution in [1.29, 1.82) is 0 Å². The van der Waals surface area contributed by atoms with Gasteiger partial charge in [0.1, 0.15) is 5.76 Å². The molecule has 1 aromatic heterocycles. The molecule has 3 heterocycles. The molecule has 0 unspecified atom stereocenters. The summed E-state index contributed by atoms with van der Waals surface area (Å²) in [5.74, 6) is 0.746. The van der Waals surface area contributed by atoms with E-state index in [9.17, 15) is 13.2 Å². The van der Waals surface area contributed by atoms with Crippen LogP contribution < -0.4 is 4.90 Å². The third-order valence-electron chi connectivity index (χ3n) is 4.92. The van der Waals surface area contributed by atoms with Crippen LogP contribution in [0.15, 0.2) is 47.1 Å². The Morgan fingerprint density at radius 2 is 1.96 bits per heavy atom. The van der Waals surface area contributed by atoms with E-state index in [2.05, 4.69) is 0 Å². The average molecular weight is 360 g/mol. The van der Waals surface area contributed by atoms with Crippen LogP contribution in [0.3, 0.4) is 0 Å². The highest BCUT2D eigenvalue weighted by molar-refractivity contribution is 7.91. The summed E-state index contributed by atoms with van der Waals surface area (Å²) in [6.07, 6.45) is 1.59. The Morgan fingerprint density at radius 1 is 1.16 bits per heavy atom. The quantitative estimate of drug-likeness (QED) is 0.832. The van der Waals surface area contributed by atoms with Crippen LogP contribution in [0, 0.1) is 6.92 Å². The van der Waals surface area contributed by atoms with Crippen molar-refractivity contribution in [1.82, 2.24) is 4.90 Å². The zero-order chi connectivity index (χ0) is 17.6. The van der Waals surface area contributed by atoms with Crippen LogP contribution in [0.2, 0.25) is 0 Å². The van der Waals surface area contributed by atoms with Crippen molar-refractivity contribution < 1.29 is 17.6 Å². The second-order valence-electron chi connectivity index (χ2n) is 6.80. The zero-order valence-electron chi connectivity index (χ0n) is 14.0. The van der Waals surface area contributed by atoms with Crippen LogP contribution in [0.4, 0.5) is 5.69 Å². The largest absolute Gasteiger partial charge is 0.468 e. The lowest BCUT2D eigenvalue weighted by atomic mass is 10.0. The number of furan rings is 1. The Kier molecular flexibility index (Phi) is 3.92. The molecule has 0 saturated carbocycles. The van der Waals surface area contributed by atoms with Gasteiger partial charge < -0.3 is 9.32 Å². The predicted octanol–water partition coefficient (Wildman–Crippen LogP) is 1.60. The summed E-state index contributed by atoms with van der Waals surface area (Å²) in [7, 11) is -3.18. The molecule has 0 aliphatic carbocycles. The standard InChI is InChI=1S/C18H20N2O4S/c1-13-4-2-5-14(8-13)20-17-12-25(22,23)11-16(17)19(10-18(20)21)9-15-6-3-7-24-15/h2-8,16-17H,9-12H2,1H3/t16-,17+/m0/s1. The molecule has 2 aliphatic rings. The normalized spacial score (nSPS) is 26.0. The molecule has 2 saturated heterocycles. The number of rotatable bonds is 3. The van der Waals surface area contributed by atoms with Crippen LogP contribution in [0.25, 0.3) is 0 Å². The van der Waals surface area contributed by atoms with Crippen molar-refractivity contribution in [2.75, 3.05) is 23.0 Å². The SMILES string of the molecule is Cc1cccc(N2C(=O)CN(Cc3ccco3)[C@H]3CS(=O)(=O)C[C@H]32)c1. The van der Waals surface area contributed by atoms with Gasteiger partial charge in [-0.2, -0.15) is 0 Å². The number of hydrogen-bond donors (Lipinski definition) is 0.